The van der Waals surface area contributed by atoms with E-state index in [1.807, 2.05) is 0 Å². The SMILES string of the molecule is C=CCOC(=O)c1ccccc1-c1ccccc1NC(=O)OC1=CC(OC(C)=O)C(OC(C)=O)C(C(=O)OC)O1. The van der Waals surface area contributed by atoms with Gasteiger partial charge in [-0.25, -0.2) is 14.4 Å². The third-order valence-corrected chi connectivity index (χ3v) is 5.33. The van der Waals surface area contributed by atoms with E-state index in [0.29, 0.717) is 11.1 Å². The lowest BCUT2D eigenvalue weighted by Gasteiger charge is -2.33. The quantitative estimate of drug-likeness (QED) is 0.276. The van der Waals surface area contributed by atoms with Crippen molar-refractivity contribution in [2.24, 2.45) is 0 Å². The Morgan fingerprint density at radius 3 is 2.25 bits per heavy atom. The predicted octanol–water partition coefficient (Wildman–Crippen LogP) is 3.52. The van der Waals surface area contributed by atoms with Crippen molar-refractivity contribution in [3.05, 3.63) is 78.8 Å². The highest BCUT2D eigenvalue weighted by molar-refractivity contribution is 6.01. The smallest absolute Gasteiger partial charge is 0.419 e. The molecule has 1 N–H and O–H groups in total. The number of nitrogens with one attached hydrogen (secondary N) is 1. The van der Waals surface area contributed by atoms with Crippen LogP contribution in [0.1, 0.15) is 24.2 Å². The van der Waals surface area contributed by atoms with Crippen molar-refractivity contribution in [2.45, 2.75) is 32.2 Å². The first-order valence-electron chi connectivity index (χ1n) is 11.9. The lowest BCUT2D eigenvalue weighted by molar-refractivity contribution is -0.190. The molecule has 40 heavy (non-hydrogen) atoms. The third kappa shape index (κ3) is 7.47. The summed E-state index contributed by atoms with van der Waals surface area (Å²) in [6, 6.07) is 13.3. The minimum Gasteiger partial charge on any atom is -0.466 e. The van der Waals surface area contributed by atoms with Gasteiger partial charge < -0.3 is 28.4 Å². The molecule has 3 atom stereocenters. The number of ether oxygens (including phenoxy) is 6. The van der Waals surface area contributed by atoms with Gasteiger partial charge in [-0.15, -0.1) is 0 Å². The first-order chi connectivity index (χ1) is 19.1. The zero-order valence-electron chi connectivity index (χ0n) is 21.9. The van der Waals surface area contributed by atoms with Crippen molar-refractivity contribution in [3.8, 4) is 11.1 Å². The first kappa shape index (κ1) is 29.4. The van der Waals surface area contributed by atoms with E-state index in [1.54, 1.807) is 48.5 Å². The van der Waals surface area contributed by atoms with Gasteiger partial charge in [0.2, 0.25) is 6.10 Å². The normalized spacial score (nSPS) is 17.7. The fraction of sp³-hybridized carbons (Fsp3) is 0.250. The number of rotatable bonds is 9. The Morgan fingerprint density at radius 1 is 0.950 bits per heavy atom. The predicted molar refractivity (Wildman–Crippen MR) is 139 cm³/mol. The Kier molecular flexibility index (Phi) is 10.0. The molecule has 0 bridgehead atoms. The van der Waals surface area contributed by atoms with Gasteiger partial charge in [-0.3, -0.25) is 14.9 Å². The summed E-state index contributed by atoms with van der Waals surface area (Å²) in [4.78, 5) is 61.1. The molecule has 0 aliphatic carbocycles. The van der Waals surface area contributed by atoms with Crippen LogP contribution < -0.4 is 5.32 Å². The number of anilines is 1. The van der Waals surface area contributed by atoms with Crippen LogP contribution in [-0.2, 0) is 42.8 Å². The third-order valence-electron chi connectivity index (χ3n) is 5.33. The molecule has 1 aliphatic heterocycles. The standard InChI is InChI=1S/C28H27NO11/c1-5-14-36-26(32)20-12-7-6-10-18(20)19-11-8-9-13-21(19)29-28(34)40-23-15-22(37-16(2)30)24(38-17(3)31)25(39-23)27(33)35-4/h5-13,15,22,24-25H,1,14H2,2-4H3,(H,29,34). The van der Waals surface area contributed by atoms with E-state index in [-0.39, 0.29) is 17.9 Å². The molecule has 3 rings (SSSR count). The average Bonchev–Trinajstić information content (AvgIpc) is 2.92. The van der Waals surface area contributed by atoms with Gasteiger partial charge in [0.15, 0.2) is 12.2 Å². The van der Waals surface area contributed by atoms with Gasteiger partial charge in [0.25, 0.3) is 5.95 Å². The highest BCUT2D eigenvalue weighted by Crippen LogP contribution is 2.32. The van der Waals surface area contributed by atoms with Crippen LogP contribution in [0.5, 0.6) is 0 Å². The molecular weight excluding hydrogens is 526 g/mol. The molecule has 3 unspecified atom stereocenters. The number of hydrogen-bond acceptors (Lipinski definition) is 11. The molecule has 0 saturated carbocycles. The minimum absolute atomic E-state index is 0.0215. The van der Waals surface area contributed by atoms with E-state index < -0.39 is 54.2 Å². The van der Waals surface area contributed by atoms with Crippen LogP contribution >= 0.6 is 0 Å². The van der Waals surface area contributed by atoms with Gasteiger partial charge in [0.05, 0.1) is 18.4 Å². The van der Waals surface area contributed by atoms with Crippen LogP contribution in [-0.4, -0.2) is 62.0 Å². The molecule has 2 aromatic rings. The number of amides is 1. The fourth-order valence-electron chi connectivity index (χ4n) is 3.76. The second-order valence-corrected chi connectivity index (χ2v) is 8.19. The van der Waals surface area contributed by atoms with E-state index in [0.717, 1.165) is 27.0 Å². The van der Waals surface area contributed by atoms with Gasteiger partial charge in [-0.1, -0.05) is 49.1 Å². The van der Waals surface area contributed by atoms with E-state index in [1.165, 1.54) is 6.08 Å². The molecule has 2 aromatic carbocycles. The maximum Gasteiger partial charge on any atom is 0.419 e. The lowest BCUT2D eigenvalue weighted by Crippen LogP contribution is -2.50. The van der Waals surface area contributed by atoms with E-state index in [4.69, 9.17) is 28.4 Å². The Labute approximate surface area is 229 Å². The summed E-state index contributed by atoms with van der Waals surface area (Å²) in [5.41, 5.74) is 1.48. The van der Waals surface area contributed by atoms with E-state index in [2.05, 4.69) is 11.9 Å². The molecule has 12 nitrogen and oxygen atoms in total. The number of para-hydroxylation sites is 1. The summed E-state index contributed by atoms with van der Waals surface area (Å²) in [7, 11) is 1.07. The van der Waals surface area contributed by atoms with Crippen molar-refractivity contribution >= 4 is 35.7 Å². The van der Waals surface area contributed by atoms with Crippen LogP contribution in [0, 0.1) is 0 Å². The number of benzene rings is 2. The molecule has 12 heteroatoms. The van der Waals surface area contributed by atoms with Crippen molar-refractivity contribution < 1.29 is 52.4 Å². The number of esters is 4. The van der Waals surface area contributed by atoms with Crippen molar-refractivity contribution in [2.75, 3.05) is 19.0 Å². The summed E-state index contributed by atoms with van der Waals surface area (Å²) in [5, 5.41) is 2.56. The summed E-state index contributed by atoms with van der Waals surface area (Å²) >= 11 is 0. The summed E-state index contributed by atoms with van der Waals surface area (Å²) in [6.07, 6.45) is -2.86. The Balaban J connectivity index is 1.88. The first-order valence-corrected chi connectivity index (χ1v) is 11.9. The van der Waals surface area contributed by atoms with Crippen LogP contribution in [0.15, 0.2) is 73.2 Å². The molecule has 0 radical (unpaired) electrons. The van der Waals surface area contributed by atoms with Gasteiger partial charge in [-0.05, 0) is 17.7 Å². The molecule has 0 saturated heterocycles. The van der Waals surface area contributed by atoms with Gasteiger partial charge in [0.1, 0.15) is 6.61 Å². The van der Waals surface area contributed by atoms with Crippen molar-refractivity contribution in [1.82, 2.24) is 0 Å². The highest BCUT2D eigenvalue weighted by atomic mass is 16.7. The Hall–Kier alpha value is -5.13. The molecule has 0 spiro atoms. The van der Waals surface area contributed by atoms with Gasteiger partial charge in [0, 0.05) is 25.5 Å². The maximum atomic E-state index is 12.9. The van der Waals surface area contributed by atoms with Gasteiger partial charge in [-0.2, -0.15) is 0 Å². The second-order valence-electron chi connectivity index (χ2n) is 8.19. The molecule has 210 valence electrons. The fourth-order valence-corrected chi connectivity index (χ4v) is 3.76. The minimum atomic E-state index is -1.60. The Morgan fingerprint density at radius 2 is 1.60 bits per heavy atom. The molecule has 1 amide bonds. The number of carbonyl (C=O) groups is 5. The monoisotopic (exact) mass is 553 g/mol. The van der Waals surface area contributed by atoms with E-state index >= 15 is 0 Å². The van der Waals surface area contributed by atoms with E-state index in [9.17, 15) is 24.0 Å². The average molecular weight is 554 g/mol. The molecule has 1 aliphatic rings. The number of carbonyl (C=O) groups excluding carboxylic acids is 5. The number of methoxy groups -OCH3 is 1. The molecule has 0 fully saturated rings. The lowest BCUT2D eigenvalue weighted by atomic mass is 9.98. The van der Waals surface area contributed by atoms with Crippen LogP contribution in [0.25, 0.3) is 11.1 Å². The zero-order valence-corrected chi connectivity index (χ0v) is 21.9. The molecule has 1 heterocycles. The van der Waals surface area contributed by atoms with Gasteiger partial charge >= 0.3 is 30.0 Å². The van der Waals surface area contributed by atoms with Crippen molar-refractivity contribution in [1.29, 1.82) is 0 Å². The van der Waals surface area contributed by atoms with Crippen molar-refractivity contribution in [3.63, 3.8) is 0 Å². The van der Waals surface area contributed by atoms with Crippen LogP contribution in [0.3, 0.4) is 0 Å². The van der Waals surface area contributed by atoms with Crippen LogP contribution in [0.2, 0.25) is 0 Å². The molecular formula is C28H27NO11. The summed E-state index contributed by atoms with van der Waals surface area (Å²) < 4.78 is 30.8. The molecule has 0 aromatic heterocycles. The largest absolute Gasteiger partial charge is 0.466 e. The van der Waals surface area contributed by atoms with Crippen LogP contribution in [0.4, 0.5) is 10.5 Å². The maximum absolute atomic E-state index is 12.9. The second kappa shape index (κ2) is 13.6. The Bertz CT molecular complexity index is 1330. The summed E-state index contributed by atoms with van der Waals surface area (Å²) in [5.74, 6) is -3.59. The zero-order chi connectivity index (χ0) is 29.2. The summed E-state index contributed by atoms with van der Waals surface area (Å²) in [6.45, 7) is 5.75. The highest BCUT2D eigenvalue weighted by Gasteiger charge is 2.45. The number of hydrogen-bond donors (Lipinski definition) is 1. The topological polar surface area (TPSA) is 153 Å².